The summed E-state index contributed by atoms with van der Waals surface area (Å²) in [5.74, 6) is 0.497. The van der Waals surface area contributed by atoms with Crippen LogP contribution in [-0.4, -0.2) is 6.61 Å². The minimum atomic E-state index is -0.304. The van der Waals surface area contributed by atoms with Crippen LogP contribution in [0.25, 0.3) is 0 Å². The number of hydrogen-bond donors (Lipinski definition) is 1. The molecule has 0 heterocycles. The summed E-state index contributed by atoms with van der Waals surface area (Å²) in [6.07, 6.45) is 1.43. The van der Waals surface area contributed by atoms with Crippen LogP contribution in [0.1, 0.15) is 30.5 Å². The summed E-state index contributed by atoms with van der Waals surface area (Å²) in [5.41, 5.74) is 7.87. The van der Waals surface area contributed by atoms with Crippen LogP contribution in [0.3, 0.4) is 0 Å². The lowest BCUT2D eigenvalue weighted by Gasteiger charge is -2.15. The van der Waals surface area contributed by atoms with Crippen LogP contribution in [-0.2, 0) is 6.42 Å². The van der Waals surface area contributed by atoms with E-state index in [0.717, 1.165) is 17.7 Å². The van der Waals surface area contributed by atoms with Crippen molar-refractivity contribution in [2.24, 2.45) is 5.73 Å². The second-order valence-electron chi connectivity index (χ2n) is 4.97. The Labute approximate surface area is 129 Å². The van der Waals surface area contributed by atoms with Gasteiger partial charge in [-0.25, -0.2) is 4.39 Å². The molecule has 2 nitrogen and oxygen atoms in total. The maximum absolute atomic E-state index is 13.3. The first kappa shape index (κ1) is 15.8. The zero-order valence-electron chi connectivity index (χ0n) is 12.0. The molecule has 0 saturated carbocycles. The van der Waals surface area contributed by atoms with Crippen LogP contribution >= 0.6 is 11.6 Å². The predicted octanol–water partition coefficient (Wildman–Crippen LogP) is 4.51. The van der Waals surface area contributed by atoms with Gasteiger partial charge in [0.25, 0.3) is 0 Å². The predicted molar refractivity (Wildman–Crippen MR) is 84.3 cm³/mol. The van der Waals surface area contributed by atoms with Gasteiger partial charge in [0, 0.05) is 11.1 Å². The first-order chi connectivity index (χ1) is 10.1. The van der Waals surface area contributed by atoms with Crippen LogP contribution in [0.4, 0.5) is 4.39 Å². The number of nitrogens with two attached hydrogens (primary N) is 1. The number of rotatable bonds is 6. The smallest absolute Gasteiger partial charge is 0.123 e. The number of halogens is 2. The third-order valence-corrected chi connectivity index (χ3v) is 3.58. The van der Waals surface area contributed by atoms with Crippen LogP contribution < -0.4 is 10.5 Å². The summed E-state index contributed by atoms with van der Waals surface area (Å²) in [6, 6.07) is 11.8. The summed E-state index contributed by atoms with van der Waals surface area (Å²) < 4.78 is 18.9. The molecule has 4 heteroatoms. The van der Waals surface area contributed by atoms with Crippen LogP contribution in [0.15, 0.2) is 42.5 Å². The van der Waals surface area contributed by atoms with Crippen molar-refractivity contribution in [3.05, 3.63) is 64.4 Å². The molecule has 0 spiro atoms. The molecule has 2 rings (SSSR count). The highest BCUT2D eigenvalue weighted by Crippen LogP contribution is 2.25. The fourth-order valence-corrected chi connectivity index (χ4v) is 2.30. The summed E-state index contributed by atoms with van der Waals surface area (Å²) in [6.45, 7) is 2.73. The second kappa shape index (κ2) is 7.43. The lowest BCUT2D eigenvalue weighted by molar-refractivity contribution is 0.317. The molecule has 2 aromatic rings. The zero-order valence-corrected chi connectivity index (χ0v) is 12.7. The normalized spacial score (nSPS) is 12.2. The molecule has 0 fully saturated rings. The van der Waals surface area contributed by atoms with Gasteiger partial charge in [0.2, 0.25) is 0 Å². The van der Waals surface area contributed by atoms with Crippen molar-refractivity contribution < 1.29 is 9.13 Å². The molecule has 0 aliphatic rings. The van der Waals surface area contributed by atoms with Crippen molar-refractivity contribution in [3.8, 4) is 5.75 Å². The lowest BCUT2D eigenvalue weighted by Crippen LogP contribution is -2.14. The first-order valence-electron chi connectivity index (χ1n) is 7.02. The van der Waals surface area contributed by atoms with E-state index in [2.05, 4.69) is 6.92 Å². The third-order valence-electron chi connectivity index (χ3n) is 3.21. The molecule has 1 atom stereocenters. The molecule has 0 bridgehead atoms. The van der Waals surface area contributed by atoms with Gasteiger partial charge in [-0.15, -0.1) is 0 Å². The monoisotopic (exact) mass is 307 g/mol. The van der Waals surface area contributed by atoms with Crippen LogP contribution in [0.5, 0.6) is 5.75 Å². The van der Waals surface area contributed by atoms with Crippen LogP contribution in [0, 0.1) is 5.82 Å². The molecule has 2 N–H and O–H groups in total. The van der Waals surface area contributed by atoms with Crippen molar-refractivity contribution in [1.29, 1.82) is 0 Å². The highest BCUT2D eigenvalue weighted by Gasteiger charge is 2.11. The third kappa shape index (κ3) is 4.45. The van der Waals surface area contributed by atoms with E-state index < -0.39 is 0 Å². The molecule has 1 unspecified atom stereocenters. The quantitative estimate of drug-likeness (QED) is 0.852. The van der Waals surface area contributed by atoms with E-state index in [9.17, 15) is 4.39 Å². The Bertz CT molecular complexity index is 603. The summed E-state index contributed by atoms with van der Waals surface area (Å²) in [4.78, 5) is 0. The molecule has 0 saturated heterocycles. The van der Waals surface area contributed by atoms with Crippen molar-refractivity contribution in [2.45, 2.75) is 25.8 Å². The van der Waals surface area contributed by atoms with E-state index in [1.165, 1.54) is 12.1 Å². The average Bonchev–Trinajstić information content (AvgIpc) is 2.49. The second-order valence-corrected chi connectivity index (χ2v) is 5.37. The van der Waals surface area contributed by atoms with Gasteiger partial charge in [-0.05, 0) is 54.3 Å². The summed E-state index contributed by atoms with van der Waals surface area (Å²) >= 11 is 6.08. The SMILES string of the molecule is CCCOc1cccc(C(N)Cc2cc(F)ccc2Cl)c1. The molecule has 0 aliphatic carbocycles. The molecule has 112 valence electrons. The van der Waals surface area contributed by atoms with Gasteiger partial charge in [-0.3, -0.25) is 0 Å². The highest BCUT2D eigenvalue weighted by atomic mass is 35.5. The van der Waals surface area contributed by atoms with Gasteiger partial charge in [0.05, 0.1) is 6.61 Å². The Hall–Kier alpha value is -1.58. The van der Waals surface area contributed by atoms with E-state index in [1.54, 1.807) is 6.07 Å². The first-order valence-corrected chi connectivity index (χ1v) is 7.40. The Kier molecular flexibility index (Phi) is 5.59. The van der Waals surface area contributed by atoms with E-state index in [-0.39, 0.29) is 11.9 Å². The molecule has 21 heavy (non-hydrogen) atoms. The van der Waals surface area contributed by atoms with Crippen molar-refractivity contribution in [2.75, 3.05) is 6.61 Å². The topological polar surface area (TPSA) is 35.2 Å². The maximum Gasteiger partial charge on any atom is 0.123 e. The standard InChI is InChI=1S/C17H19ClFNO/c1-2-8-21-15-5-3-4-12(10-15)17(20)11-13-9-14(19)6-7-16(13)18/h3-7,9-10,17H,2,8,11,20H2,1H3. The van der Waals surface area contributed by atoms with Gasteiger partial charge in [0.15, 0.2) is 0 Å². The van der Waals surface area contributed by atoms with Gasteiger partial charge < -0.3 is 10.5 Å². The molecular weight excluding hydrogens is 289 g/mol. The Morgan fingerprint density at radius 1 is 1.24 bits per heavy atom. The molecule has 2 aromatic carbocycles. The molecule has 0 aliphatic heterocycles. The van der Waals surface area contributed by atoms with Gasteiger partial charge in [-0.1, -0.05) is 30.7 Å². The van der Waals surface area contributed by atoms with E-state index >= 15 is 0 Å². The van der Waals surface area contributed by atoms with Gasteiger partial charge in [-0.2, -0.15) is 0 Å². The van der Waals surface area contributed by atoms with E-state index in [4.69, 9.17) is 22.1 Å². The van der Waals surface area contributed by atoms with E-state index in [1.807, 2.05) is 24.3 Å². The Morgan fingerprint density at radius 3 is 2.81 bits per heavy atom. The minimum Gasteiger partial charge on any atom is -0.494 e. The lowest BCUT2D eigenvalue weighted by atomic mass is 9.99. The van der Waals surface area contributed by atoms with E-state index in [0.29, 0.717) is 23.6 Å². The average molecular weight is 308 g/mol. The number of hydrogen-bond acceptors (Lipinski definition) is 2. The van der Waals surface area contributed by atoms with Crippen LogP contribution in [0.2, 0.25) is 5.02 Å². The van der Waals surface area contributed by atoms with Crippen molar-refractivity contribution in [1.82, 2.24) is 0 Å². The summed E-state index contributed by atoms with van der Waals surface area (Å²) in [5, 5.41) is 0.533. The van der Waals surface area contributed by atoms with Crippen molar-refractivity contribution in [3.63, 3.8) is 0 Å². The minimum absolute atomic E-state index is 0.255. The molecule has 0 amide bonds. The van der Waals surface area contributed by atoms with Gasteiger partial charge in [0.1, 0.15) is 11.6 Å². The Balaban J connectivity index is 2.12. The number of benzene rings is 2. The highest BCUT2D eigenvalue weighted by molar-refractivity contribution is 6.31. The van der Waals surface area contributed by atoms with Crippen molar-refractivity contribution >= 4 is 11.6 Å². The van der Waals surface area contributed by atoms with Gasteiger partial charge >= 0.3 is 0 Å². The largest absolute Gasteiger partial charge is 0.494 e. The number of ether oxygens (including phenoxy) is 1. The fourth-order valence-electron chi connectivity index (χ4n) is 2.11. The maximum atomic E-state index is 13.3. The fraction of sp³-hybridized carbons (Fsp3) is 0.294. The molecule has 0 radical (unpaired) electrons. The molecular formula is C17H19ClFNO. The summed E-state index contributed by atoms with van der Waals surface area (Å²) in [7, 11) is 0. The Morgan fingerprint density at radius 2 is 2.05 bits per heavy atom. The zero-order chi connectivity index (χ0) is 15.2. The molecule has 0 aromatic heterocycles.